The zero-order chi connectivity index (χ0) is 17.8. The van der Waals surface area contributed by atoms with Gasteiger partial charge >= 0.3 is 5.69 Å². The maximum atomic E-state index is 12.0. The second-order valence-electron chi connectivity index (χ2n) is 5.70. The normalized spacial score (nSPS) is 10.5. The first-order valence-electron chi connectivity index (χ1n) is 8.53. The van der Waals surface area contributed by atoms with Gasteiger partial charge in [0.15, 0.2) is 0 Å². The average Bonchev–Trinajstić information content (AvgIpc) is 2.56. The number of hydrogen-bond acceptors (Lipinski definition) is 5. The molecule has 0 radical (unpaired) electrons. The van der Waals surface area contributed by atoms with E-state index in [0.717, 1.165) is 19.0 Å². The van der Waals surface area contributed by atoms with Crippen LogP contribution in [0.4, 0.5) is 5.69 Å². The van der Waals surface area contributed by atoms with E-state index in [1.165, 1.54) is 44.2 Å². The van der Waals surface area contributed by atoms with Crippen LogP contribution in [0.15, 0.2) is 18.2 Å². The van der Waals surface area contributed by atoms with Gasteiger partial charge in [0.1, 0.15) is 0 Å². The molecule has 0 heterocycles. The molecule has 3 N–H and O–H groups in total. The Hall–Kier alpha value is -2.15. The van der Waals surface area contributed by atoms with Crippen molar-refractivity contribution in [1.82, 2.24) is 10.6 Å². The van der Waals surface area contributed by atoms with Crippen molar-refractivity contribution in [3.63, 3.8) is 0 Å². The van der Waals surface area contributed by atoms with Crippen molar-refractivity contribution >= 4 is 11.6 Å². The molecule has 134 valence electrons. The van der Waals surface area contributed by atoms with Crippen LogP contribution in [-0.4, -0.2) is 35.6 Å². The Bertz CT molecular complexity index is 535. The van der Waals surface area contributed by atoms with E-state index in [9.17, 15) is 20.0 Å². The van der Waals surface area contributed by atoms with E-state index in [1.54, 1.807) is 0 Å². The first-order chi connectivity index (χ1) is 11.6. The van der Waals surface area contributed by atoms with Gasteiger partial charge in [-0.25, -0.2) is 0 Å². The van der Waals surface area contributed by atoms with E-state index in [1.807, 2.05) is 0 Å². The van der Waals surface area contributed by atoms with Crippen molar-refractivity contribution in [1.29, 1.82) is 0 Å². The predicted octanol–water partition coefficient (Wildman–Crippen LogP) is 2.98. The number of nitrogens with zero attached hydrogens (tertiary/aromatic N) is 1. The molecule has 0 aliphatic heterocycles. The summed E-state index contributed by atoms with van der Waals surface area (Å²) in [5.74, 6) is -1.11. The Kier molecular flexibility index (Phi) is 9.45. The number of nitro groups is 1. The van der Waals surface area contributed by atoms with Gasteiger partial charge in [-0.1, -0.05) is 45.1 Å². The highest BCUT2D eigenvalue weighted by molar-refractivity contribution is 5.98. The maximum Gasteiger partial charge on any atom is 0.311 e. The summed E-state index contributed by atoms with van der Waals surface area (Å²) in [6.45, 7) is 4.13. The van der Waals surface area contributed by atoms with Gasteiger partial charge < -0.3 is 15.7 Å². The molecule has 0 saturated carbocycles. The molecular formula is C17H27N3O4. The number of phenolic OH excluding ortho intramolecular Hbond substituents is 1. The van der Waals surface area contributed by atoms with Gasteiger partial charge in [0.25, 0.3) is 5.91 Å². The lowest BCUT2D eigenvalue weighted by Crippen LogP contribution is -2.32. The van der Waals surface area contributed by atoms with Gasteiger partial charge in [0.05, 0.1) is 10.5 Å². The summed E-state index contributed by atoms with van der Waals surface area (Å²) in [6.07, 6.45) is 7.42. The third-order valence-corrected chi connectivity index (χ3v) is 3.75. The smallest absolute Gasteiger partial charge is 0.311 e. The first-order valence-corrected chi connectivity index (χ1v) is 8.53. The number of unbranched alkanes of at least 4 members (excludes halogenated alkanes) is 5. The second kappa shape index (κ2) is 11.4. The van der Waals surface area contributed by atoms with Gasteiger partial charge in [0, 0.05) is 19.2 Å². The number of carbonyl (C=O) groups excluding carboxylic acids is 1. The number of nitrogens with one attached hydrogen (secondary N) is 2. The number of hydrogen-bond donors (Lipinski definition) is 3. The monoisotopic (exact) mass is 337 g/mol. The molecule has 0 unspecified atom stereocenters. The second-order valence-corrected chi connectivity index (χ2v) is 5.70. The minimum atomic E-state index is -0.714. The highest BCUT2D eigenvalue weighted by Gasteiger charge is 2.20. The van der Waals surface area contributed by atoms with Crippen molar-refractivity contribution in [2.75, 3.05) is 19.6 Å². The minimum Gasteiger partial charge on any atom is -0.502 e. The third kappa shape index (κ3) is 6.95. The molecule has 1 rings (SSSR count). The van der Waals surface area contributed by atoms with Crippen molar-refractivity contribution in [2.45, 2.75) is 45.4 Å². The Morgan fingerprint density at radius 2 is 1.83 bits per heavy atom. The first kappa shape index (κ1) is 19.9. The van der Waals surface area contributed by atoms with Gasteiger partial charge in [-0.05, 0) is 19.0 Å². The Labute approximate surface area is 142 Å². The number of aromatic hydroxyl groups is 1. The number of phenols is 1. The molecule has 1 aromatic carbocycles. The summed E-state index contributed by atoms with van der Waals surface area (Å²) >= 11 is 0. The lowest BCUT2D eigenvalue weighted by Gasteiger charge is -2.08. The van der Waals surface area contributed by atoms with E-state index in [0.29, 0.717) is 13.1 Å². The van der Waals surface area contributed by atoms with Crippen LogP contribution < -0.4 is 10.6 Å². The lowest BCUT2D eigenvalue weighted by molar-refractivity contribution is -0.385. The highest BCUT2D eigenvalue weighted by atomic mass is 16.6. The number of nitro benzene ring substituents is 1. The zero-order valence-electron chi connectivity index (χ0n) is 14.2. The Balaban J connectivity index is 2.21. The minimum absolute atomic E-state index is 0.0832. The standard InChI is InChI=1S/C17H27N3O4/c1-2-3-4-5-6-7-11-18-12-13-19-17(22)14-9-8-10-15(16(14)21)20(23)24/h8-10,18,21H,2-7,11-13H2,1H3,(H,19,22). The van der Waals surface area contributed by atoms with Gasteiger partial charge in [-0.3, -0.25) is 14.9 Å². The van der Waals surface area contributed by atoms with Crippen molar-refractivity contribution in [3.8, 4) is 5.75 Å². The lowest BCUT2D eigenvalue weighted by atomic mass is 10.1. The third-order valence-electron chi connectivity index (χ3n) is 3.75. The number of carbonyl (C=O) groups is 1. The van der Waals surface area contributed by atoms with Gasteiger partial charge in [0.2, 0.25) is 5.75 Å². The highest BCUT2D eigenvalue weighted by Crippen LogP contribution is 2.28. The van der Waals surface area contributed by atoms with Crippen LogP contribution in [0.5, 0.6) is 5.75 Å². The molecule has 0 atom stereocenters. The number of para-hydroxylation sites is 1. The molecule has 0 aromatic heterocycles. The topological polar surface area (TPSA) is 104 Å². The molecular weight excluding hydrogens is 310 g/mol. The average molecular weight is 337 g/mol. The number of rotatable bonds is 12. The molecule has 24 heavy (non-hydrogen) atoms. The fourth-order valence-corrected chi connectivity index (χ4v) is 2.38. The van der Waals surface area contributed by atoms with Crippen LogP contribution >= 0.6 is 0 Å². The van der Waals surface area contributed by atoms with Crippen molar-refractivity contribution < 1.29 is 14.8 Å². The molecule has 7 heteroatoms. The van der Waals surface area contributed by atoms with Crippen LogP contribution in [0.1, 0.15) is 55.8 Å². The summed E-state index contributed by atoms with van der Waals surface area (Å²) < 4.78 is 0. The van der Waals surface area contributed by atoms with Crippen LogP contribution in [0.2, 0.25) is 0 Å². The number of amides is 1. The fourth-order valence-electron chi connectivity index (χ4n) is 2.38. The largest absolute Gasteiger partial charge is 0.502 e. The predicted molar refractivity (Wildman–Crippen MR) is 93.3 cm³/mol. The number of benzene rings is 1. The molecule has 0 saturated heterocycles. The quantitative estimate of drug-likeness (QED) is 0.309. The van der Waals surface area contributed by atoms with Crippen LogP contribution in [0.3, 0.4) is 0 Å². The molecule has 0 spiro atoms. The zero-order valence-corrected chi connectivity index (χ0v) is 14.2. The fraction of sp³-hybridized carbons (Fsp3) is 0.588. The van der Waals surface area contributed by atoms with Gasteiger partial charge in [-0.15, -0.1) is 0 Å². The van der Waals surface area contributed by atoms with Crippen LogP contribution in [0.25, 0.3) is 0 Å². The summed E-state index contributed by atoms with van der Waals surface area (Å²) in [6, 6.07) is 3.90. The van der Waals surface area contributed by atoms with E-state index < -0.39 is 22.3 Å². The van der Waals surface area contributed by atoms with Crippen LogP contribution in [0, 0.1) is 10.1 Å². The van der Waals surface area contributed by atoms with E-state index >= 15 is 0 Å². The summed E-state index contributed by atoms with van der Waals surface area (Å²) in [4.78, 5) is 22.0. The molecule has 0 bridgehead atoms. The summed E-state index contributed by atoms with van der Waals surface area (Å²) in [5.41, 5.74) is -0.552. The molecule has 1 aromatic rings. The Morgan fingerprint density at radius 3 is 2.54 bits per heavy atom. The van der Waals surface area contributed by atoms with Crippen LogP contribution in [-0.2, 0) is 0 Å². The van der Waals surface area contributed by atoms with Gasteiger partial charge in [-0.2, -0.15) is 0 Å². The Morgan fingerprint density at radius 1 is 1.12 bits per heavy atom. The van der Waals surface area contributed by atoms with Crippen molar-refractivity contribution in [2.24, 2.45) is 0 Å². The van der Waals surface area contributed by atoms with E-state index in [2.05, 4.69) is 17.6 Å². The molecule has 0 fully saturated rings. The van der Waals surface area contributed by atoms with E-state index in [-0.39, 0.29) is 5.56 Å². The summed E-state index contributed by atoms with van der Waals surface area (Å²) in [5, 5.41) is 26.4. The van der Waals surface area contributed by atoms with E-state index in [4.69, 9.17) is 0 Å². The maximum absolute atomic E-state index is 12.0. The summed E-state index contributed by atoms with van der Waals surface area (Å²) in [7, 11) is 0. The molecule has 1 amide bonds. The molecule has 0 aliphatic carbocycles. The molecule has 0 aliphatic rings. The van der Waals surface area contributed by atoms with Crippen molar-refractivity contribution in [3.05, 3.63) is 33.9 Å². The SMILES string of the molecule is CCCCCCCCNCCNC(=O)c1cccc([N+](=O)[O-])c1O. The molecule has 7 nitrogen and oxygen atoms in total.